The largest absolute Gasteiger partial charge is 0.493 e. The van der Waals surface area contributed by atoms with Crippen LogP contribution in [-0.4, -0.2) is 120 Å². The Morgan fingerprint density at radius 3 is 2.06 bits per heavy atom. The summed E-state index contributed by atoms with van der Waals surface area (Å²) in [5, 5.41) is 6.99. The Labute approximate surface area is 508 Å². The molecule has 5 aromatic carbocycles. The van der Waals surface area contributed by atoms with E-state index < -0.39 is 0 Å². The number of carbonyl (C=O) groups is 3. The zero-order valence-electron chi connectivity index (χ0n) is 51.4. The number of nitrogens with zero attached hydrogens (tertiary/aromatic N) is 3. The van der Waals surface area contributed by atoms with Gasteiger partial charge in [-0.05, 0) is 143 Å². The summed E-state index contributed by atoms with van der Waals surface area (Å²) >= 11 is 1.86. The Morgan fingerprint density at radius 2 is 1.36 bits per heavy atom. The van der Waals surface area contributed by atoms with E-state index in [-0.39, 0.29) is 59.0 Å². The lowest BCUT2D eigenvalue weighted by molar-refractivity contribution is -0.123. The number of ether oxygens (including phenoxy) is 7. The lowest BCUT2D eigenvalue weighted by Gasteiger charge is -2.37. The highest BCUT2D eigenvalue weighted by Crippen LogP contribution is 2.42. The fourth-order valence-electron chi connectivity index (χ4n) is 12.6. The monoisotopic (exact) mass is 1180 g/mol. The number of nitrogens with two attached hydrogens (primary N) is 1. The number of methoxy groups -OCH3 is 3. The van der Waals surface area contributed by atoms with E-state index in [9.17, 15) is 14.4 Å². The minimum absolute atomic E-state index is 0.0278. The number of amides is 3. The molecule has 1 aliphatic carbocycles. The number of nitrogens with one attached hydrogen (secondary N) is 2. The van der Waals surface area contributed by atoms with Crippen LogP contribution in [0.1, 0.15) is 135 Å². The first kappa shape index (κ1) is 62.9. The molecule has 3 aliphatic heterocycles. The molecule has 0 radical (unpaired) electrons. The van der Waals surface area contributed by atoms with Crippen LogP contribution in [0, 0.1) is 5.92 Å². The summed E-state index contributed by atoms with van der Waals surface area (Å²) in [7, 11) is 4.80. The van der Waals surface area contributed by atoms with Gasteiger partial charge in [-0.15, -0.1) is 0 Å². The van der Waals surface area contributed by atoms with Crippen LogP contribution in [0.3, 0.4) is 0 Å². The van der Waals surface area contributed by atoms with E-state index >= 15 is 0 Å². The predicted octanol–water partition coefficient (Wildman–Crippen LogP) is 12.1. The Kier molecular flexibility index (Phi) is 21.6. The van der Waals surface area contributed by atoms with E-state index in [1.54, 1.807) is 39.5 Å². The molecule has 4 N–H and O–H groups in total. The number of rotatable bonds is 28. The maximum absolute atomic E-state index is 14.3. The van der Waals surface area contributed by atoms with E-state index in [0.717, 1.165) is 64.3 Å². The molecule has 3 heterocycles. The van der Waals surface area contributed by atoms with E-state index in [1.807, 2.05) is 71.0 Å². The summed E-state index contributed by atoms with van der Waals surface area (Å²) < 4.78 is 42.1. The normalized spacial score (nSPS) is 16.9. The number of thioether (sulfide) groups is 1. The Balaban J connectivity index is 0.965. The molecule has 17 heteroatoms. The van der Waals surface area contributed by atoms with E-state index in [4.69, 9.17) is 38.9 Å². The Morgan fingerprint density at radius 1 is 0.741 bits per heavy atom. The summed E-state index contributed by atoms with van der Waals surface area (Å²) in [4.78, 5) is 48.2. The second-order valence-electron chi connectivity index (χ2n) is 24.3. The van der Waals surface area contributed by atoms with Crippen LogP contribution in [-0.2, 0) is 45.1 Å². The van der Waals surface area contributed by atoms with Crippen LogP contribution in [0.15, 0.2) is 91.0 Å². The quantitative estimate of drug-likeness (QED) is 0.0319. The zero-order valence-corrected chi connectivity index (χ0v) is 52.2. The van der Waals surface area contributed by atoms with Crippen LogP contribution in [0.5, 0.6) is 23.0 Å². The average molecular weight is 1180 g/mol. The van der Waals surface area contributed by atoms with Crippen molar-refractivity contribution in [1.29, 1.82) is 0 Å². The van der Waals surface area contributed by atoms with Crippen molar-refractivity contribution < 1.29 is 47.5 Å². The minimum Gasteiger partial charge on any atom is -0.493 e. The van der Waals surface area contributed by atoms with Gasteiger partial charge in [0.1, 0.15) is 13.2 Å². The van der Waals surface area contributed by atoms with Crippen molar-refractivity contribution in [1.82, 2.24) is 5.32 Å². The molecule has 5 aromatic rings. The second kappa shape index (κ2) is 29.2. The van der Waals surface area contributed by atoms with Crippen LogP contribution >= 0.6 is 11.8 Å². The summed E-state index contributed by atoms with van der Waals surface area (Å²) in [6, 6.07) is 29.3. The van der Waals surface area contributed by atoms with Crippen LogP contribution < -0.4 is 50.0 Å². The SMILES string of the molecule is COCCOCCOCCN(CC(C)(C)SCCCC(=O)NC(C)(C)C1CCCCCCC1)c1cc(COc2cc(N)c(C(=O)N3c4ccccc4C[C@H]3C)cc2OC)cc(COc2cc3c(cc2OC)C(=O)N2c4ccccc4C[C@H]2CN3)c1. The fourth-order valence-corrected chi connectivity index (χ4v) is 13.7. The van der Waals surface area contributed by atoms with Crippen molar-refractivity contribution in [3.63, 3.8) is 0 Å². The lowest BCUT2D eigenvalue weighted by atomic mass is 9.78. The topological polar surface area (TPSA) is 176 Å². The number of fused-ring (bicyclic) bond motifs is 5. The molecule has 1 saturated carbocycles. The summed E-state index contributed by atoms with van der Waals surface area (Å²) in [5.74, 6) is 2.84. The van der Waals surface area contributed by atoms with Crippen molar-refractivity contribution >= 4 is 57.9 Å². The zero-order chi connectivity index (χ0) is 60.1. The van der Waals surface area contributed by atoms with Gasteiger partial charge in [0.25, 0.3) is 11.8 Å². The standard InChI is InChI=1S/C68H90N6O10S/c1-46-33-49-19-14-16-23-58(49)73(46)65(76)54-38-60(79-7)62(40-56(54)69)83-43-47-34-48(44-84-63-41-57-55(39-61(63)80-8)66(77)74-53(42-70-57)37-50-20-15-17-24-59(50)74)36-52(35-47)72(26-27-81-30-31-82-29-28-78-6)45-67(2,3)85-32-18-25-64(75)71-68(4,5)51-21-12-10-9-11-13-22-51/h14-17,19-20,23-24,34-36,38-41,46,51,53,70H,9-13,18,21-22,25-33,37,42-45,69H2,1-8H3,(H,71,75)/t46-,53+/m1/s1. The molecule has 9 rings (SSSR count). The third-order valence-corrected chi connectivity index (χ3v) is 18.4. The van der Waals surface area contributed by atoms with Gasteiger partial charge in [0.15, 0.2) is 23.0 Å². The molecule has 458 valence electrons. The molecule has 0 bridgehead atoms. The number of nitrogen functional groups attached to an aromatic ring is 1. The highest BCUT2D eigenvalue weighted by atomic mass is 32.2. The summed E-state index contributed by atoms with van der Waals surface area (Å²) in [5.41, 5.74) is 15.0. The van der Waals surface area contributed by atoms with Gasteiger partial charge >= 0.3 is 0 Å². The lowest BCUT2D eigenvalue weighted by Crippen LogP contribution is -2.49. The molecule has 2 atom stereocenters. The number of hydrogen-bond donors (Lipinski definition) is 3. The highest BCUT2D eigenvalue weighted by Gasteiger charge is 2.39. The fraction of sp³-hybridized carbons (Fsp3) is 0.515. The third-order valence-electron chi connectivity index (χ3n) is 17.0. The van der Waals surface area contributed by atoms with Gasteiger partial charge in [-0.2, -0.15) is 11.8 Å². The van der Waals surface area contributed by atoms with E-state index in [1.165, 1.54) is 44.9 Å². The van der Waals surface area contributed by atoms with Crippen molar-refractivity contribution in [2.45, 2.75) is 141 Å². The number of carbonyl (C=O) groups excluding carboxylic acids is 3. The summed E-state index contributed by atoms with van der Waals surface area (Å²) in [6.07, 6.45) is 11.4. The first-order chi connectivity index (χ1) is 41.1. The molecule has 3 amide bonds. The number of benzene rings is 5. The molecule has 0 spiro atoms. The van der Waals surface area contributed by atoms with Gasteiger partial charge in [-0.1, -0.05) is 68.5 Å². The van der Waals surface area contributed by atoms with Gasteiger partial charge in [0.05, 0.1) is 70.1 Å². The molecular weight excluding hydrogens is 1090 g/mol. The third kappa shape index (κ3) is 15.9. The summed E-state index contributed by atoms with van der Waals surface area (Å²) in [6.45, 7) is 15.3. The minimum atomic E-state index is -0.253. The Bertz CT molecular complexity index is 3090. The maximum Gasteiger partial charge on any atom is 0.260 e. The van der Waals surface area contributed by atoms with Gasteiger partial charge in [0.2, 0.25) is 5.91 Å². The Hall–Kier alpha value is -6.66. The van der Waals surface area contributed by atoms with Crippen molar-refractivity contribution in [2.24, 2.45) is 5.92 Å². The van der Waals surface area contributed by atoms with Crippen molar-refractivity contribution in [3.05, 3.63) is 124 Å². The molecule has 85 heavy (non-hydrogen) atoms. The average Bonchev–Trinajstić information content (AvgIpc) is 3.51. The van der Waals surface area contributed by atoms with Crippen LogP contribution in [0.25, 0.3) is 0 Å². The first-order valence-electron chi connectivity index (χ1n) is 30.6. The van der Waals surface area contributed by atoms with Gasteiger partial charge in [-0.25, -0.2) is 0 Å². The van der Waals surface area contributed by atoms with Gasteiger partial charge in [-0.3, -0.25) is 14.4 Å². The number of para-hydroxylation sites is 2. The second-order valence-corrected chi connectivity index (χ2v) is 26.1. The van der Waals surface area contributed by atoms with Gasteiger partial charge < -0.3 is 64.2 Å². The van der Waals surface area contributed by atoms with Crippen molar-refractivity contribution in [2.75, 3.05) is 106 Å². The van der Waals surface area contributed by atoms with Crippen LogP contribution in [0.2, 0.25) is 0 Å². The molecule has 0 saturated heterocycles. The van der Waals surface area contributed by atoms with E-state index in [0.29, 0.717) is 105 Å². The highest BCUT2D eigenvalue weighted by molar-refractivity contribution is 8.00. The molecular formula is C68H90N6O10S. The number of hydrogen-bond acceptors (Lipinski definition) is 14. The maximum atomic E-state index is 14.3. The predicted molar refractivity (Wildman–Crippen MR) is 341 cm³/mol. The first-order valence-corrected chi connectivity index (χ1v) is 31.5. The van der Waals surface area contributed by atoms with Crippen molar-refractivity contribution in [3.8, 4) is 23.0 Å². The van der Waals surface area contributed by atoms with Crippen LogP contribution in [0.4, 0.5) is 28.4 Å². The number of anilines is 5. The molecule has 0 aromatic heterocycles. The molecule has 1 fully saturated rings. The van der Waals surface area contributed by atoms with E-state index in [2.05, 4.69) is 73.6 Å². The smallest absolute Gasteiger partial charge is 0.260 e. The van der Waals surface area contributed by atoms with Gasteiger partial charge in [0, 0.05) is 84.4 Å². The molecule has 16 nitrogen and oxygen atoms in total. The molecule has 4 aliphatic rings. The molecule has 0 unspecified atom stereocenters.